The monoisotopic (exact) mass is 281 g/mol. The Labute approximate surface area is 124 Å². The molecule has 4 nitrogen and oxygen atoms in total. The van der Waals surface area contributed by atoms with Crippen LogP contribution < -0.4 is 10.00 Å². The molecule has 3 atom stereocenters. The molecule has 0 spiro atoms. The molecule has 0 aliphatic heterocycles. The van der Waals surface area contributed by atoms with Crippen LogP contribution in [0.1, 0.15) is 36.8 Å². The standard InChI is InChI=1S/C17H21N4/c1-21-16-9-11-4-2-3-10(11)7-15(16)19-17(20-21)18-14-8-12-5-6-13(12)14/h7,9,12-14H,2-6,8H2,1H3,(H,18,19,20)/q+1. The highest BCUT2D eigenvalue weighted by molar-refractivity contribution is 5.74. The van der Waals surface area contributed by atoms with Crippen molar-refractivity contribution in [1.82, 2.24) is 10.1 Å². The molecule has 3 aliphatic carbocycles. The Morgan fingerprint density at radius 1 is 1.19 bits per heavy atom. The average molecular weight is 281 g/mol. The zero-order valence-electron chi connectivity index (χ0n) is 12.5. The first kappa shape index (κ1) is 11.9. The zero-order valence-corrected chi connectivity index (χ0v) is 12.5. The Kier molecular flexibility index (Phi) is 2.35. The fourth-order valence-corrected chi connectivity index (χ4v) is 4.39. The van der Waals surface area contributed by atoms with E-state index in [4.69, 9.17) is 4.98 Å². The molecule has 2 saturated carbocycles. The highest BCUT2D eigenvalue weighted by Gasteiger charge is 2.47. The van der Waals surface area contributed by atoms with Crippen molar-refractivity contribution >= 4 is 17.0 Å². The topological polar surface area (TPSA) is 41.7 Å². The summed E-state index contributed by atoms with van der Waals surface area (Å²) in [5.41, 5.74) is 5.20. The second kappa shape index (κ2) is 4.15. The maximum Gasteiger partial charge on any atom is 0.289 e. The SMILES string of the molecule is C[n+]1nc(NC2CC3CCC32)nc2cc3c(cc21)CCC3. The molecular formula is C17H21N4+. The van der Waals surface area contributed by atoms with Crippen molar-refractivity contribution in [2.45, 2.75) is 44.6 Å². The lowest BCUT2D eigenvalue weighted by Gasteiger charge is -2.53. The summed E-state index contributed by atoms with van der Waals surface area (Å²) < 4.78 is 1.99. The lowest BCUT2D eigenvalue weighted by molar-refractivity contribution is -0.705. The van der Waals surface area contributed by atoms with Crippen LogP contribution in [0.15, 0.2) is 12.1 Å². The Bertz CT molecular complexity index is 739. The van der Waals surface area contributed by atoms with Gasteiger partial charge in [-0.2, -0.15) is 0 Å². The van der Waals surface area contributed by atoms with Crippen molar-refractivity contribution in [3.63, 3.8) is 0 Å². The Hall–Kier alpha value is -1.71. The van der Waals surface area contributed by atoms with E-state index in [-0.39, 0.29) is 0 Å². The third kappa shape index (κ3) is 1.71. The van der Waals surface area contributed by atoms with Crippen molar-refractivity contribution in [3.8, 4) is 0 Å². The highest BCUT2D eigenvalue weighted by Crippen LogP contribution is 2.50. The minimum atomic E-state index is 0.607. The Morgan fingerprint density at radius 3 is 2.76 bits per heavy atom. The van der Waals surface area contributed by atoms with Crippen LogP contribution in [0.4, 0.5) is 5.95 Å². The summed E-state index contributed by atoms with van der Waals surface area (Å²) in [6.07, 6.45) is 7.81. The molecule has 0 amide bonds. The van der Waals surface area contributed by atoms with Crippen LogP contribution in [-0.2, 0) is 19.9 Å². The number of hydrogen-bond acceptors (Lipinski definition) is 3. The van der Waals surface area contributed by atoms with Gasteiger partial charge in [0.15, 0.2) is 7.05 Å². The molecule has 1 aromatic heterocycles. The zero-order chi connectivity index (χ0) is 14.0. The second-order valence-electron chi connectivity index (χ2n) is 7.01. The van der Waals surface area contributed by atoms with E-state index < -0.39 is 0 Å². The van der Waals surface area contributed by atoms with Gasteiger partial charge in [-0.05, 0) is 67.6 Å². The maximum absolute atomic E-state index is 4.78. The molecule has 2 aromatic rings. The van der Waals surface area contributed by atoms with Crippen molar-refractivity contribution < 1.29 is 4.68 Å². The lowest BCUT2D eigenvalue weighted by Crippen LogP contribution is -2.53. The molecule has 1 aromatic carbocycles. The minimum absolute atomic E-state index is 0.607. The highest BCUT2D eigenvalue weighted by atomic mass is 15.3. The number of aromatic nitrogens is 3. The van der Waals surface area contributed by atoms with Gasteiger partial charge in [-0.3, -0.25) is 0 Å². The molecule has 5 rings (SSSR count). The number of nitrogens with zero attached hydrogens (tertiary/aromatic N) is 3. The molecule has 4 heteroatoms. The van der Waals surface area contributed by atoms with Crippen molar-refractivity contribution in [2.75, 3.05) is 5.32 Å². The first-order valence-corrected chi connectivity index (χ1v) is 8.24. The van der Waals surface area contributed by atoms with Crippen LogP contribution in [0.25, 0.3) is 11.0 Å². The van der Waals surface area contributed by atoms with E-state index >= 15 is 0 Å². The summed E-state index contributed by atoms with van der Waals surface area (Å²) in [7, 11) is 2.03. The number of hydrogen-bond donors (Lipinski definition) is 1. The van der Waals surface area contributed by atoms with Gasteiger partial charge in [-0.25, -0.2) is 4.98 Å². The molecule has 3 aliphatic rings. The van der Waals surface area contributed by atoms with Crippen molar-refractivity contribution in [2.24, 2.45) is 18.9 Å². The van der Waals surface area contributed by atoms with Gasteiger partial charge in [-0.15, -0.1) is 0 Å². The largest absolute Gasteiger partial charge is 0.346 e. The third-order valence-electron chi connectivity index (χ3n) is 5.87. The molecule has 1 N–H and O–H groups in total. The number of anilines is 1. The average Bonchev–Trinajstić information content (AvgIpc) is 2.89. The van der Waals surface area contributed by atoms with Crippen LogP contribution in [0.2, 0.25) is 0 Å². The quantitative estimate of drug-likeness (QED) is 0.858. The maximum atomic E-state index is 4.78. The summed E-state index contributed by atoms with van der Waals surface area (Å²) in [4.78, 5) is 4.78. The smallest absolute Gasteiger partial charge is 0.289 e. The Balaban J connectivity index is 1.51. The summed E-state index contributed by atoms with van der Waals surface area (Å²) >= 11 is 0. The minimum Gasteiger partial charge on any atom is -0.346 e. The van der Waals surface area contributed by atoms with Crippen LogP contribution in [0.5, 0.6) is 0 Å². The Morgan fingerprint density at radius 2 is 2.05 bits per heavy atom. The van der Waals surface area contributed by atoms with E-state index in [1.54, 1.807) is 0 Å². The number of rotatable bonds is 2. The number of nitrogens with one attached hydrogen (secondary N) is 1. The van der Waals surface area contributed by atoms with Crippen LogP contribution in [0, 0.1) is 11.8 Å². The predicted octanol–water partition coefficient (Wildman–Crippen LogP) is 2.15. The van der Waals surface area contributed by atoms with E-state index in [1.165, 1.54) is 49.7 Å². The predicted molar refractivity (Wildman–Crippen MR) is 81.0 cm³/mol. The van der Waals surface area contributed by atoms with E-state index in [9.17, 15) is 0 Å². The first-order valence-electron chi connectivity index (χ1n) is 8.24. The van der Waals surface area contributed by atoms with Gasteiger partial charge in [0.2, 0.25) is 0 Å². The number of benzene rings is 1. The molecule has 0 radical (unpaired) electrons. The first-order chi connectivity index (χ1) is 10.3. The van der Waals surface area contributed by atoms with E-state index in [0.717, 1.165) is 28.8 Å². The van der Waals surface area contributed by atoms with Crippen LogP contribution >= 0.6 is 0 Å². The van der Waals surface area contributed by atoms with Crippen LogP contribution in [0.3, 0.4) is 0 Å². The van der Waals surface area contributed by atoms with E-state index in [1.807, 2.05) is 11.7 Å². The van der Waals surface area contributed by atoms with Crippen molar-refractivity contribution in [3.05, 3.63) is 23.3 Å². The summed E-state index contributed by atoms with van der Waals surface area (Å²) in [5, 5.41) is 8.19. The molecule has 3 unspecified atom stereocenters. The molecule has 108 valence electrons. The fraction of sp³-hybridized carbons (Fsp3) is 0.588. The van der Waals surface area contributed by atoms with Gasteiger partial charge in [0.25, 0.3) is 11.5 Å². The van der Waals surface area contributed by atoms with Gasteiger partial charge in [-0.1, -0.05) is 4.68 Å². The van der Waals surface area contributed by atoms with Crippen LogP contribution in [-0.4, -0.2) is 16.1 Å². The van der Waals surface area contributed by atoms with Gasteiger partial charge >= 0.3 is 0 Å². The number of fused-ring (bicyclic) bond motifs is 3. The number of aryl methyl sites for hydroxylation is 3. The lowest BCUT2D eigenvalue weighted by atomic mass is 9.56. The summed E-state index contributed by atoms with van der Waals surface area (Å²) in [5.74, 6) is 2.67. The van der Waals surface area contributed by atoms with Gasteiger partial charge in [0.1, 0.15) is 5.52 Å². The third-order valence-corrected chi connectivity index (χ3v) is 5.87. The normalized spacial score (nSPS) is 29.5. The van der Waals surface area contributed by atoms with Gasteiger partial charge in [0, 0.05) is 17.2 Å². The molecule has 21 heavy (non-hydrogen) atoms. The van der Waals surface area contributed by atoms with Gasteiger partial charge < -0.3 is 5.32 Å². The molecule has 2 fully saturated rings. The second-order valence-corrected chi connectivity index (χ2v) is 7.01. The summed E-state index contributed by atoms with van der Waals surface area (Å²) in [6.45, 7) is 0. The van der Waals surface area contributed by atoms with E-state index in [0.29, 0.717) is 6.04 Å². The molecule has 0 saturated heterocycles. The van der Waals surface area contributed by atoms with Gasteiger partial charge in [0.05, 0.1) is 0 Å². The summed E-state index contributed by atoms with van der Waals surface area (Å²) in [6, 6.07) is 5.17. The molecule has 0 bridgehead atoms. The molecule has 1 heterocycles. The fourth-order valence-electron chi connectivity index (χ4n) is 4.39. The van der Waals surface area contributed by atoms with E-state index in [2.05, 4.69) is 22.5 Å². The molecular weight excluding hydrogens is 260 g/mol. The van der Waals surface area contributed by atoms with Crippen molar-refractivity contribution in [1.29, 1.82) is 0 Å².